The summed E-state index contributed by atoms with van der Waals surface area (Å²) in [5, 5.41) is 8.98. The van der Waals surface area contributed by atoms with Crippen molar-refractivity contribution in [3.8, 4) is 0 Å². The fourth-order valence-electron chi connectivity index (χ4n) is 1.08. The van der Waals surface area contributed by atoms with E-state index in [9.17, 15) is 9.59 Å². The van der Waals surface area contributed by atoms with Gasteiger partial charge in [-0.15, -0.1) is 5.06 Å². The summed E-state index contributed by atoms with van der Waals surface area (Å²) in [4.78, 5) is 26.9. The quantitative estimate of drug-likeness (QED) is 0.393. The Morgan fingerprint density at radius 2 is 2.25 bits per heavy atom. The monoisotopic (exact) mass is 167 g/mol. The summed E-state index contributed by atoms with van der Waals surface area (Å²) in [5.41, 5.74) is 0.116. The molecule has 0 bridgehead atoms. The van der Waals surface area contributed by atoms with Crippen molar-refractivity contribution >= 4 is 18.2 Å². The maximum atomic E-state index is 11.0. The number of carbonyl (C=O) groups excluding carboxylic acids is 2. The third-order valence-electron chi connectivity index (χ3n) is 1.68. The van der Waals surface area contributed by atoms with Gasteiger partial charge in [-0.3, -0.25) is 19.9 Å². The fourth-order valence-corrected chi connectivity index (χ4v) is 1.08. The highest BCUT2D eigenvalue weighted by Gasteiger charge is 2.40. The predicted molar refractivity (Wildman–Crippen MR) is 37.3 cm³/mol. The molecule has 1 fully saturated rings. The zero-order valence-corrected chi connectivity index (χ0v) is 5.97. The molecule has 6 heteroatoms. The fraction of sp³-hybridized carbons (Fsp3) is 0.167. The van der Waals surface area contributed by atoms with Crippen LogP contribution in [-0.4, -0.2) is 39.9 Å². The molecule has 0 radical (unpaired) electrons. The van der Waals surface area contributed by atoms with Crippen molar-refractivity contribution in [2.75, 3.05) is 6.54 Å². The number of hydrogen-bond donors (Lipinski definition) is 1. The minimum absolute atomic E-state index is 0.0838. The van der Waals surface area contributed by atoms with E-state index in [-0.39, 0.29) is 17.3 Å². The summed E-state index contributed by atoms with van der Waals surface area (Å²) < 4.78 is 0. The van der Waals surface area contributed by atoms with E-state index in [1.807, 2.05) is 0 Å². The van der Waals surface area contributed by atoms with Gasteiger partial charge in [0.1, 0.15) is 5.70 Å². The molecule has 62 valence electrons. The van der Waals surface area contributed by atoms with E-state index in [1.165, 1.54) is 12.4 Å². The highest BCUT2D eigenvalue weighted by atomic mass is 16.5. The topological polar surface area (TPSA) is 73.2 Å². The molecule has 0 aromatic rings. The van der Waals surface area contributed by atoms with Gasteiger partial charge in [0.15, 0.2) is 0 Å². The standard InChI is InChI=1S/C6H5N3O3/c10-5-4-3-7-1-2-8(4)6(11)9(5)12/h1,3,12H,2H2. The lowest BCUT2D eigenvalue weighted by Crippen LogP contribution is -2.31. The van der Waals surface area contributed by atoms with E-state index >= 15 is 0 Å². The number of aliphatic imine (C=N–C) groups is 1. The van der Waals surface area contributed by atoms with Crippen LogP contribution in [0, 0.1) is 0 Å². The van der Waals surface area contributed by atoms with Crippen LogP contribution in [0.15, 0.2) is 16.9 Å². The second-order valence-corrected chi connectivity index (χ2v) is 2.36. The molecule has 2 rings (SSSR count). The number of hydrogen-bond acceptors (Lipinski definition) is 4. The molecule has 2 heterocycles. The van der Waals surface area contributed by atoms with E-state index in [2.05, 4.69) is 4.99 Å². The van der Waals surface area contributed by atoms with E-state index in [1.54, 1.807) is 0 Å². The molecular weight excluding hydrogens is 162 g/mol. The molecule has 12 heavy (non-hydrogen) atoms. The van der Waals surface area contributed by atoms with Crippen LogP contribution in [0.1, 0.15) is 0 Å². The Balaban J connectivity index is 2.44. The lowest BCUT2D eigenvalue weighted by Gasteiger charge is -2.13. The first-order valence-electron chi connectivity index (χ1n) is 3.28. The maximum Gasteiger partial charge on any atom is 0.356 e. The van der Waals surface area contributed by atoms with Crippen molar-refractivity contribution in [3.05, 3.63) is 11.9 Å². The molecule has 0 spiro atoms. The minimum atomic E-state index is -0.725. The number of amides is 3. The van der Waals surface area contributed by atoms with Crippen molar-refractivity contribution in [1.29, 1.82) is 0 Å². The Bertz CT molecular complexity index is 320. The van der Waals surface area contributed by atoms with Gasteiger partial charge < -0.3 is 0 Å². The van der Waals surface area contributed by atoms with Crippen molar-refractivity contribution in [2.24, 2.45) is 4.99 Å². The molecule has 1 saturated heterocycles. The normalized spacial score (nSPS) is 21.6. The predicted octanol–water partition coefficient (Wildman–Crippen LogP) is -0.434. The summed E-state index contributed by atoms with van der Waals surface area (Å²) in [6.45, 7) is 0.230. The third-order valence-corrected chi connectivity index (χ3v) is 1.68. The van der Waals surface area contributed by atoms with Gasteiger partial charge in [-0.1, -0.05) is 0 Å². The summed E-state index contributed by atoms with van der Waals surface area (Å²) in [5.74, 6) is -0.725. The smallest absolute Gasteiger partial charge is 0.280 e. The number of hydroxylamine groups is 2. The van der Waals surface area contributed by atoms with Crippen molar-refractivity contribution < 1.29 is 14.8 Å². The Morgan fingerprint density at radius 3 is 2.92 bits per heavy atom. The molecule has 6 nitrogen and oxygen atoms in total. The van der Waals surface area contributed by atoms with E-state index in [4.69, 9.17) is 5.21 Å². The summed E-state index contributed by atoms with van der Waals surface area (Å²) >= 11 is 0. The molecular formula is C6H5N3O3. The second kappa shape index (κ2) is 2.15. The Labute approximate surface area is 67.3 Å². The number of nitrogens with zero attached hydrogens (tertiary/aromatic N) is 3. The van der Waals surface area contributed by atoms with Crippen LogP contribution in [0.2, 0.25) is 0 Å². The van der Waals surface area contributed by atoms with Gasteiger partial charge in [0.25, 0.3) is 0 Å². The van der Waals surface area contributed by atoms with E-state index < -0.39 is 11.9 Å². The second-order valence-electron chi connectivity index (χ2n) is 2.36. The lowest BCUT2D eigenvalue weighted by atomic mass is 10.4. The highest BCUT2D eigenvalue weighted by molar-refractivity contribution is 6.11. The average molecular weight is 167 g/mol. The Kier molecular flexibility index (Phi) is 1.25. The van der Waals surface area contributed by atoms with Gasteiger partial charge in [0, 0.05) is 6.21 Å². The van der Waals surface area contributed by atoms with Crippen LogP contribution < -0.4 is 0 Å². The molecule has 2 aliphatic heterocycles. The van der Waals surface area contributed by atoms with Crippen LogP contribution >= 0.6 is 0 Å². The first-order chi connectivity index (χ1) is 5.72. The molecule has 0 atom stereocenters. The first kappa shape index (κ1) is 6.99. The third kappa shape index (κ3) is 0.693. The minimum Gasteiger partial charge on any atom is -0.280 e. The Morgan fingerprint density at radius 1 is 1.50 bits per heavy atom. The first-order valence-corrected chi connectivity index (χ1v) is 3.28. The number of rotatable bonds is 0. The van der Waals surface area contributed by atoms with Gasteiger partial charge in [-0.05, 0) is 0 Å². The molecule has 0 unspecified atom stereocenters. The SMILES string of the molecule is O=C1C2=CN=CCN2C(=O)N1O. The van der Waals surface area contributed by atoms with Gasteiger partial charge >= 0.3 is 11.9 Å². The number of carbonyl (C=O) groups is 2. The molecule has 0 aromatic carbocycles. The highest BCUT2D eigenvalue weighted by Crippen LogP contribution is 2.19. The van der Waals surface area contributed by atoms with Crippen molar-refractivity contribution in [3.63, 3.8) is 0 Å². The molecule has 0 aromatic heterocycles. The van der Waals surface area contributed by atoms with Crippen LogP contribution in [0.5, 0.6) is 0 Å². The summed E-state index contributed by atoms with van der Waals surface area (Å²) in [7, 11) is 0. The van der Waals surface area contributed by atoms with Crippen LogP contribution in [0.25, 0.3) is 0 Å². The molecule has 1 N–H and O–H groups in total. The average Bonchev–Trinajstić information content (AvgIpc) is 2.33. The number of imide groups is 1. The molecule has 2 aliphatic rings. The van der Waals surface area contributed by atoms with Gasteiger partial charge in [0.2, 0.25) is 0 Å². The van der Waals surface area contributed by atoms with E-state index in [0.29, 0.717) is 0 Å². The van der Waals surface area contributed by atoms with Crippen molar-refractivity contribution in [1.82, 2.24) is 9.96 Å². The maximum absolute atomic E-state index is 11.0. The number of urea groups is 1. The van der Waals surface area contributed by atoms with Gasteiger partial charge in [0.05, 0.1) is 12.7 Å². The Hall–Kier alpha value is -1.69. The summed E-state index contributed by atoms with van der Waals surface area (Å²) in [6, 6.07) is -0.725. The largest absolute Gasteiger partial charge is 0.356 e. The zero-order valence-electron chi connectivity index (χ0n) is 5.97. The molecule has 3 amide bonds. The summed E-state index contributed by atoms with van der Waals surface area (Å²) in [6.07, 6.45) is 2.73. The van der Waals surface area contributed by atoms with Crippen LogP contribution in [0.4, 0.5) is 4.79 Å². The molecule has 0 aliphatic carbocycles. The van der Waals surface area contributed by atoms with Gasteiger partial charge in [-0.2, -0.15) is 0 Å². The zero-order chi connectivity index (χ0) is 8.72. The van der Waals surface area contributed by atoms with E-state index in [0.717, 1.165) is 4.90 Å². The van der Waals surface area contributed by atoms with Crippen LogP contribution in [-0.2, 0) is 4.79 Å². The molecule has 0 saturated carbocycles. The lowest BCUT2D eigenvalue weighted by molar-refractivity contribution is -0.144. The van der Waals surface area contributed by atoms with Crippen molar-refractivity contribution in [2.45, 2.75) is 0 Å². The van der Waals surface area contributed by atoms with Gasteiger partial charge in [-0.25, -0.2) is 4.79 Å². The number of fused-ring (bicyclic) bond motifs is 1. The van der Waals surface area contributed by atoms with Crippen LogP contribution in [0.3, 0.4) is 0 Å².